The first kappa shape index (κ1) is 16.9. The number of hydrogen-bond donors (Lipinski definition) is 2. The van der Waals surface area contributed by atoms with Crippen LogP contribution in [0.5, 0.6) is 5.88 Å². The number of hydrogen-bond acceptors (Lipinski definition) is 6. The lowest BCUT2D eigenvalue weighted by molar-refractivity contribution is 0.204. The number of anilines is 2. The molecule has 1 atom stereocenters. The van der Waals surface area contributed by atoms with Crippen LogP contribution in [0.15, 0.2) is 30.6 Å². The van der Waals surface area contributed by atoms with E-state index in [9.17, 15) is 8.78 Å². The van der Waals surface area contributed by atoms with Crippen LogP contribution in [0.1, 0.15) is 6.42 Å². The minimum Gasteiger partial charge on any atom is -0.471 e. The van der Waals surface area contributed by atoms with Gasteiger partial charge in [-0.2, -0.15) is 0 Å². The minimum absolute atomic E-state index is 0.0230. The van der Waals surface area contributed by atoms with Crippen molar-refractivity contribution in [1.29, 1.82) is 0 Å². The third kappa shape index (κ3) is 3.25. The molecule has 0 bridgehead atoms. The van der Waals surface area contributed by atoms with Gasteiger partial charge in [-0.1, -0.05) is 17.7 Å². The number of nitrogens with zero attached hydrogens (tertiary/aromatic N) is 3. The zero-order chi connectivity index (χ0) is 18.1. The second-order valence-electron chi connectivity index (χ2n) is 5.82. The maximum Gasteiger partial charge on any atom is 0.251 e. The summed E-state index contributed by atoms with van der Waals surface area (Å²) in [5, 5.41) is 5.95. The third-order valence-corrected chi connectivity index (χ3v) is 4.32. The van der Waals surface area contributed by atoms with Gasteiger partial charge in [0.25, 0.3) is 5.88 Å². The number of benzene rings is 1. The Kier molecular flexibility index (Phi) is 4.52. The average molecular weight is 378 g/mol. The molecule has 1 aromatic carbocycles. The fourth-order valence-corrected chi connectivity index (χ4v) is 2.91. The summed E-state index contributed by atoms with van der Waals surface area (Å²) >= 11 is 5.80. The molecule has 2 aromatic heterocycles. The van der Waals surface area contributed by atoms with E-state index in [0.717, 1.165) is 13.0 Å². The van der Waals surface area contributed by atoms with Gasteiger partial charge in [-0.25, -0.2) is 23.7 Å². The summed E-state index contributed by atoms with van der Waals surface area (Å²) in [6.45, 7) is 1.44. The Morgan fingerprint density at radius 2 is 2.15 bits per heavy atom. The summed E-state index contributed by atoms with van der Waals surface area (Å²) in [7, 11) is 0. The Morgan fingerprint density at radius 1 is 1.27 bits per heavy atom. The number of fused-ring (bicyclic) bond motifs is 1. The van der Waals surface area contributed by atoms with Gasteiger partial charge in [0.15, 0.2) is 17.5 Å². The Balaban J connectivity index is 1.73. The molecular weight excluding hydrogens is 364 g/mol. The summed E-state index contributed by atoms with van der Waals surface area (Å²) in [6, 6.07) is 5.78. The molecular formula is C17H14ClF2N5O. The van der Waals surface area contributed by atoms with E-state index < -0.39 is 11.6 Å². The van der Waals surface area contributed by atoms with Gasteiger partial charge in [0.2, 0.25) is 0 Å². The minimum atomic E-state index is -0.614. The molecule has 2 N–H and O–H groups in total. The summed E-state index contributed by atoms with van der Waals surface area (Å²) in [5.74, 6) is -1.12. The summed E-state index contributed by atoms with van der Waals surface area (Å²) in [5.41, 5.74) is 0.680. The van der Waals surface area contributed by atoms with Gasteiger partial charge >= 0.3 is 0 Å². The quantitative estimate of drug-likeness (QED) is 0.725. The predicted octanol–water partition coefficient (Wildman–Crippen LogP) is 3.44. The van der Waals surface area contributed by atoms with Crippen molar-refractivity contribution in [2.75, 3.05) is 18.4 Å². The molecule has 9 heteroatoms. The van der Waals surface area contributed by atoms with Gasteiger partial charge in [-0.3, -0.25) is 0 Å². The Morgan fingerprint density at radius 3 is 2.96 bits per heavy atom. The molecule has 0 aliphatic carbocycles. The first-order valence-corrected chi connectivity index (χ1v) is 8.39. The maximum absolute atomic E-state index is 14.3. The molecule has 6 nitrogen and oxygen atoms in total. The zero-order valence-electron chi connectivity index (χ0n) is 13.5. The van der Waals surface area contributed by atoms with Crippen LogP contribution in [0.4, 0.5) is 20.3 Å². The monoisotopic (exact) mass is 377 g/mol. The van der Waals surface area contributed by atoms with E-state index in [-0.39, 0.29) is 39.5 Å². The molecule has 3 aromatic rings. The molecule has 1 aliphatic rings. The standard InChI is InChI=1S/C17H14ClF2N5O/c18-10-2-1-3-12(14(10)20)24-16-15-13(22-8-23-16)6-11(19)17(25-15)26-9-4-5-21-7-9/h1-3,6,8-9,21H,4-5,7H2,(H,22,23,24)/t9-/m0/s1. The molecule has 0 spiro atoms. The largest absolute Gasteiger partial charge is 0.471 e. The lowest BCUT2D eigenvalue weighted by Crippen LogP contribution is -2.20. The lowest BCUT2D eigenvalue weighted by Gasteiger charge is -2.14. The van der Waals surface area contributed by atoms with E-state index in [2.05, 4.69) is 25.6 Å². The predicted molar refractivity (Wildman–Crippen MR) is 93.9 cm³/mol. The smallest absolute Gasteiger partial charge is 0.251 e. The molecule has 3 heterocycles. The summed E-state index contributed by atoms with van der Waals surface area (Å²) < 4.78 is 34.1. The number of halogens is 3. The number of ether oxygens (including phenoxy) is 1. The van der Waals surface area contributed by atoms with Crippen LogP contribution >= 0.6 is 11.6 Å². The van der Waals surface area contributed by atoms with E-state index in [4.69, 9.17) is 16.3 Å². The highest BCUT2D eigenvalue weighted by atomic mass is 35.5. The molecule has 134 valence electrons. The molecule has 0 radical (unpaired) electrons. The van der Waals surface area contributed by atoms with Crippen LogP contribution in [0.25, 0.3) is 11.0 Å². The van der Waals surface area contributed by atoms with Crippen molar-refractivity contribution in [3.05, 3.63) is 47.2 Å². The van der Waals surface area contributed by atoms with Gasteiger partial charge in [-0.15, -0.1) is 0 Å². The van der Waals surface area contributed by atoms with Crippen LogP contribution in [-0.4, -0.2) is 34.1 Å². The van der Waals surface area contributed by atoms with Gasteiger partial charge in [-0.05, 0) is 25.1 Å². The maximum atomic E-state index is 14.3. The van der Waals surface area contributed by atoms with Crippen LogP contribution < -0.4 is 15.4 Å². The fraction of sp³-hybridized carbons (Fsp3) is 0.235. The molecule has 0 amide bonds. The molecule has 4 rings (SSSR count). The Labute approximate surface area is 152 Å². The zero-order valence-corrected chi connectivity index (χ0v) is 14.2. The topological polar surface area (TPSA) is 72.0 Å². The van der Waals surface area contributed by atoms with Crippen LogP contribution in [0.2, 0.25) is 5.02 Å². The highest BCUT2D eigenvalue weighted by Crippen LogP contribution is 2.29. The van der Waals surface area contributed by atoms with Crippen LogP contribution in [0, 0.1) is 11.6 Å². The van der Waals surface area contributed by atoms with Crippen molar-refractivity contribution < 1.29 is 13.5 Å². The van der Waals surface area contributed by atoms with Crippen molar-refractivity contribution >= 4 is 34.1 Å². The van der Waals surface area contributed by atoms with Crippen molar-refractivity contribution in [1.82, 2.24) is 20.3 Å². The van der Waals surface area contributed by atoms with Crippen molar-refractivity contribution in [3.8, 4) is 5.88 Å². The molecule has 1 fully saturated rings. The van der Waals surface area contributed by atoms with Gasteiger partial charge in [0.05, 0.1) is 16.2 Å². The number of aromatic nitrogens is 3. The van der Waals surface area contributed by atoms with Gasteiger partial charge in [0, 0.05) is 12.6 Å². The van der Waals surface area contributed by atoms with E-state index in [1.54, 1.807) is 6.07 Å². The van der Waals surface area contributed by atoms with E-state index in [1.807, 2.05) is 0 Å². The summed E-state index contributed by atoms with van der Waals surface area (Å²) in [4.78, 5) is 12.3. The van der Waals surface area contributed by atoms with E-state index in [0.29, 0.717) is 6.54 Å². The normalized spacial score (nSPS) is 16.8. The second-order valence-corrected chi connectivity index (χ2v) is 6.23. The number of rotatable bonds is 4. The average Bonchev–Trinajstić information content (AvgIpc) is 3.13. The summed E-state index contributed by atoms with van der Waals surface area (Å²) in [6.07, 6.45) is 1.86. The SMILES string of the molecule is Fc1cc2ncnc(Nc3cccc(Cl)c3F)c2nc1O[C@H]1CCNC1. The first-order chi connectivity index (χ1) is 12.6. The Hall–Kier alpha value is -2.58. The van der Waals surface area contributed by atoms with E-state index in [1.165, 1.54) is 24.5 Å². The lowest BCUT2D eigenvalue weighted by atomic mass is 10.3. The molecule has 1 saturated heterocycles. The fourth-order valence-electron chi connectivity index (χ4n) is 2.73. The third-order valence-electron chi connectivity index (χ3n) is 4.03. The highest BCUT2D eigenvalue weighted by molar-refractivity contribution is 6.31. The van der Waals surface area contributed by atoms with Crippen molar-refractivity contribution in [2.24, 2.45) is 0 Å². The Bertz CT molecular complexity index is 965. The molecule has 0 saturated carbocycles. The molecule has 1 aliphatic heterocycles. The molecule has 26 heavy (non-hydrogen) atoms. The molecule has 0 unspecified atom stereocenters. The van der Waals surface area contributed by atoms with Crippen molar-refractivity contribution in [3.63, 3.8) is 0 Å². The van der Waals surface area contributed by atoms with Crippen molar-refractivity contribution in [2.45, 2.75) is 12.5 Å². The highest BCUT2D eigenvalue weighted by Gasteiger charge is 2.20. The van der Waals surface area contributed by atoms with Gasteiger partial charge in [0.1, 0.15) is 17.9 Å². The van der Waals surface area contributed by atoms with Crippen LogP contribution in [0.3, 0.4) is 0 Å². The van der Waals surface area contributed by atoms with Gasteiger partial charge < -0.3 is 15.4 Å². The van der Waals surface area contributed by atoms with E-state index >= 15 is 0 Å². The van der Waals surface area contributed by atoms with Crippen LogP contribution in [-0.2, 0) is 0 Å². The number of pyridine rings is 1. The first-order valence-electron chi connectivity index (χ1n) is 8.01. The number of nitrogens with one attached hydrogen (secondary N) is 2. The second kappa shape index (κ2) is 6.97.